The van der Waals surface area contributed by atoms with E-state index in [4.69, 9.17) is 0 Å². The molecule has 0 aliphatic carbocycles. The van der Waals surface area contributed by atoms with Crippen LogP contribution in [0.15, 0.2) is 16.7 Å². The van der Waals surface area contributed by atoms with Gasteiger partial charge in [-0.3, -0.25) is 0 Å². The standard InChI is InChI=1S/C7H8F3NO/c1-11-3-6-2-5(4-12-6)7(8,9)10/h2,4,11H,3H2,1H3. The molecule has 0 atom stereocenters. The van der Waals surface area contributed by atoms with E-state index in [1.807, 2.05) is 0 Å². The molecule has 0 radical (unpaired) electrons. The number of hydrogen-bond donors (Lipinski definition) is 1. The predicted molar refractivity (Wildman–Crippen MR) is 36.5 cm³/mol. The molecule has 1 aromatic rings. The topological polar surface area (TPSA) is 25.2 Å². The highest BCUT2D eigenvalue weighted by atomic mass is 19.4. The third-order valence-electron chi connectivity index (χ3n) is 1.33. The number of rotatable bonds is 2. The molecule has 0 fully saturated rings. The molecule has 0 spiro atoms. The lowest BCUT2D eigenvalue weighted by atomic mass is 10.3. The maximum atomic E-state index is 12.0. The highest BCUT2D eigenvalue weighted by molar-refractivity contribution is 5.15. The van der Waals surface area contributed by atoms with Gasteiger partial charge in [0.1, 0.15) is 12.0 Å². The third-order valence-corrected chi connectivity index (χ3v) is 1.33. The summed E-state index contributed by atoms with van der Waals surface area (Å²) in [6, 6.07) is 0.983. The molecule has 1 aromatic heterocycles. The highest BCUT2D eigenvalue weighted by Gasteiger charge is 2.32. The van der Waals surface area contributed by atoms with Crippen molar-refractivity contribution >= 4 is 0 Å². The highest BCUT2D eigenvalue weighted by Crippen LogP contribution is 2.30. The molecule has 2 nitrogen and oxygen atoms in total. The van der Waals surface area contributed by atoms with Gasteiger partial charge in [-0.25, -0.2) is 0 Å². The van der Waals surface area contributed by atoms with Crippen molar-refractivity contribution in [2.24, 2.45) is 0 Å². The zero-order valence-electron chi connectivity index (χ0n) is 6.40. The van der Waals surface area contributed by atoms with Gasteiger partial charge in [0.25, 0.3) is 0 Å². The first-order chi connectivity index (χ1) is 5.54. The molecule has 12 heavy (non-hydrogen) atoms. The number of alkyl halides is 3. The van der Waals surface area contributed by atoms with E-state index in [0.717, 1.165) is 6.07 Å². The molecule has 0 aliphatic rings. The number of halogens is 3. The second-order valence-electron chi connectivity index (χ2n) is 2.33. The Morgan fingerprint density at radius 3 is 2.58 bits per heavy atom. The lowest BCUT2D eigenvalue weighted by molar-refractivity contribution is -0.137. The molecule has 0 unspecified atom stereocenters. The van der Waals surface area contributed by atoms with Crippen LogP contribution in [0.3, 0.4) is 0 Å². The fraction of sp³-hybridized carbons (Fsp3) is 0.429. The first kappa shape index (κ1) is 9.12. The molecule has 0 saturated heterocycles. The average Bonchev–Trinajstić information content (AvgIpc) is 2.35. The van der Waals surface area contributed by atoms with Crippen LogP contribution in [-0.4, -0.2) is 7.05 Å². The van der Waals surface area contributed by atoms with Gasteiger partial charge in [-0.05, 0) is 13.1 Å². The largest absolute Gasteiger partial charge is 0.467 e. The van der Waals surface area contributed by atoms with Gasteiger partial charge >= 0.3 is 6.18 Å². The number of hydrogen-bond acceptors (Lipinski definition) is 2. The van der Waals surface area contributed by atoms with E-state index in [0.29, 0.717) is 12.8 Å². The van der Waals surface area contributed by atoms with Crippen molar-refractivity contribution in [1.82, 2.24) is 5.32 Å². The smallest absolute Gasteiger partial charge is 0.419 e. The quantitative estimate of drug-likeness (QED) is 0.751. The molecule has 0 aromatic carbocycles. The van der Waals surface area contributed by atoms with Crippen molar-refractivity contribution < 1.29 is 17.6 Å². The first-order valence-corrected chi connectivity index (χ1v) is 3.33. The normalized spacial score (nSPS) is 12.0. The fourth-order valence-corrected chi connectivity index (χ4v) is 0.796. The van der Waals surface area contributed by atoms with E-state index in [-0.39, 0.29) is 5.76 Å². The Morgan fingerprint density at radius 1 is 1.50 bits per heavy atom. The van der Waals surface area contributed by atoms with Crippen LogP contribution in [0.5, 0.6) is 0 Å². The van der Waals surface area contributed by atoms with Gasteiger partial charge in [-0.15, -0.1) is 0 Å². The minimum absolute atomic E-state index is 0.282. The van der Waals surface area contributed by atoms with Crippen LogP contribution in [0.1, 0.15) is 11.3 Å². The SMILES string of the molecule is CNCc1cc(C(F)(F)F)co1. The van der Waals surface area contributed by atoms with Crippen molar-refractivity contribution in [2.75, 3.05) is 7.05 Å². The van der Waals surface area contributed by atoms with Crippen molar-refractivity contribution in [3.63, 3.8) is 0 Å². The molecular formula is C7H8F3NO. The van der Waals surface area contributed by atoms with Gasteiger partial charge in [0.2, 0.25) is 0 Å². The maximum absolute atomic E-state index is 12.0. The summed E-state index contributed by atoms with van der Waals surface area (Å²) in [6.45, 7) is 0.302. The van der Waals surface area contributed by atoms with Crippen LogP contribution in [0.2, 0.25) is 0 Å². The van der Waals surface area contributed by atoms with Crippen molar-refractivity contribution in [2.45, 2.75) is 12.7 Å². The Kier molecular flexibility index (Phi) is 2.42. The lowest BCUT2D eigenvalue weighted by Crippen LogP contribution is -2.05. The summed E-state index contributed by atoms with van der Waals surface area (Å²) in [4.78, 5) is 0. The summed E-state index contributed by atoms with van der Waals surface area (Å²) in [6.07, 6.45) is -3.60. The summed E-state index contributed by atoms with van der Waals surface area (Å²) in [5, 5.41) is 2.69. The Morgan fingerprint density at radius 2 is 2.17 bits per heavy atom. The van der Waals surface area contributed by atoms with Crippen LogP contribution in [-0.2, 0) is 12.7 Å². The number of furan rings is 1. The van der Waals surface area contributed by atoms with Crippen LogP contribution in [0.25, 0.3) is 0 Å². The summed E-state index contributed by atoms with van der Waals surface area (Å²) >= 11 is 0. The minimum atomic E-state index is -4.31. The van der Waals surface area contributed by atoms with Gasteiger partial charge in [0.15, 0.2) is 0 Å². The van der Waals surface area contributed by atoms with Crippen LogP contribution in [0, 0.1) is 0 Å². The molecule has 68 valence electrons. The molecular weight excluding hydrogens is 171 g/mol. The summed E-state index contributed by atoms with van der Waals surface area (Å²) in [5.41, 5.74) is -0.743. The van der Waals surface area contributed by atoms with Crippen molar-refractivity contribution in [1.29, 1.82) is 0 Å². The summed E-state index contributed by atoms with van der Waals surface area (Å²) in [5.74, 6) is 0.282. The Hall–Kier alpha value is -0.970. The molecule has 0 saturated carbocycles. The molecule has 5 heteroatoms. The third kappa shape index (κ3) is 2.01. The Bertz CT molecular complexity index is 253. The van der Waals surface area contributed by atoms with E-state index < -0.39 is 11.7 Å². The zero-order chi connectivity index (χ0) is 9.19. The van der Waals surface area contributed by atoms with E-state index in [2.05, 4.69) is 9.73 Å². The van der Waals surface area contributed by atoms with Gasteiger partial charge in [0, 0.05) is 0 Å². The van der Waals surface area contributed by atoms with Gasteiger partial charge in [-0.1, -0.05) is 0 Å². The fourth-order valence-electron chi connectivity index (χ4n) is 0.796. The van der Waals surface area contributed by atoms with E-state index in [9.17, 15) is 13.2 Å². The van der Waals surface area contributed by atoms with Crippen LogP contribution >= 0.6 is 0 Å². The monoisotopic (exact) mass is 179 g/mol. The molecule has 1 rings (SSSR count). The first-order valence-electron chi connectivity index (χ1n) is 3.33. The lowest BCUT2D eigenvalue weighted by Gasteiger charge is -1.99. The second-order valence-corrected chi connectivity index (χ2v) is 2.33. The van der Waals surface area contributed by atoms with E-state index in [1.165, 1.54) is 0 Å². The minimum Gasteiger partial charge on any atom is -0.467 e. The Labute approximate surface area is 67.4 Å². The second kappa shape index (κ2) is 3.18. The van der Waals surface area contributed by atoms with Crippen molar-refractivity contribution in [3.05, 3.63) is 23.7 Å². The molecule has 0 aliphatic heterocycles. The van der Waals surface area contributed by atoms with Crippen molar-refractivity contribution in [3.8, 4) is 0 Å². The zero-order valence-corrected chi connectivity index (χ0v) is 6.40. The summed E-state index contributed by atoms with van der Waals surface area (Å²) in [7, 11) is 1.63. The van der Waals surface area contributed by atoms with E-state index >= 15 is 0 Å². The van der Waals surface area contributed by atoms with Gasteiger partial charge in [0.05, 0.1) is 12.1 Å². The summed E-state index contributed by atoms with van der Waals surface area (Å²) < 4.78 is 40.5. The van der Waals surface area contributed by atoms with Crippen LogP contribution < -0.4 is 5.32 Å². The van der Waals surface area contributed by atoms with Gasteiger partial charge < -0.3 is 9.73 Å². The molecule has 1 N–H and O–H groups in total. The molecule has 0 amide bonds. The Balaban J connectivity index is 2.77. The number of nitrogens with one attached hydrogen (secondary N) is 1. The molecule has 0 bridgehead atoms. The van der Waals surface area contributed by atoms with Gasteiger partial charge in [-0.2, -0.15) is 13.2 Å². The average molecular weight is 179 g/mol. The molecule has 1 heterocycles. The predicted octanol–water partition coefficient (Wildman–Crippen LogP) is 2.02. The van der Waals surface area contributed by atoms with Crippen LogP contribution in [0.4, 0.5) is 13.2 Å². The van der Waals surface area contributed by atoms with E-state index in [1.54, 1.807) is 7.05 Å². The maximum Gasteiger partial charge on any atom is 0.419 e.